The highest BCUT2D eigenvalue weighted by molar-refractivity contribution is 5.89. The van der Waals surface area contributed by atoms with Crippen LogP contribution in [0, 0.1) is 0 Å². The van der Waals surface area contributed by atoms with Crippen molar-refractivity contribution in [2.24, 2.45) is 0 Å². The van der Waals surface area contributed by atoms with Gasteiger partial charge in [-0.25, -0.2) is 4.79 Å². The van der Waals surface area contributed by atoms with Gasteiger partial charge in [0.05, 0.1) is 19.3 Å². The first-order valence-corrected chi connectivity index (χ1v) is 15.6. The smallest absolute Gasteiger partial charge is 0.319 e. The molecule has 5 aromatic rings. The SMILES string of the molecule is O=C(Nc1ccccc1)N[C@H](COC(c1ccccc1)(c1ccccc1)c1ccccc1)[C@H]1O[C@H](O)[C@H](O)[C@H]1OCc1ccccc1. The largest absolute Gasteiger partial charge is 0.385 e. The van der Waals surface area contributed by atoms with Crippen molar-refractivity contribution in [3.05, 3.63) is 174 Å². The van der Waals surface area contributed by atoms with E-state index in [1.807, 2.05) is 140 Å². The zero-order valence-corrected chi connectivity index (χ0v) is 25.8. The first-order valence-electron chi connectivity index (χ1n) is 15.6. The van der Waals surface area contributed by atoms with Crippen LogP contribution in [-0.2, 0) is 26.4 Å². The Hall–Kier alpha value is -4.83. The summed E-state index contributed by atoms with van der Waals surface area (Å²) in [5, 5.41) is 27.6. The number of anilines is 1. The second-order valence-electron chi connectivity index (χ2n) is 11.4. The summed E-state index contributed by atoms with van der Waals surface area (Å²) in [5.74, 6) is 0. The highest BCUT2D eigenvalue weighted by Gasteiger charge is 2.49. The van der Waals surface area contributed by atoms with Crippen LogP contribution >= 0.6 is 0 Å². The molecule has 0 unspecified atom stereocenters. The molecular weight excluding hydrogens is 592 g/mol. The fourth-order valence-electron chi connectivity index (χ4n) is 6.02. The molecule has 8 nitrogen and oxygen atoms in total. The second-order valence-corrected chi connectivity index (χ2v) is 11.4. The molecule has 0 radical (unpaired) electrons. The quantitative estimate of drug-likeness (QED) is 0.129. The summed E-state index contributed by atoms with van der Waals surface area (Å²) in [6.07, 6.45) is -4.82. The van der Waals surface area contributed by atoms with Gasteiger partial charge in [0.1, 0.15) is 23.9 Å². The van der Waals surface area contributed by atoms with Crippen molar-refractivity contribution in [1.29, 1.82) is 0 Å². The average Bonchev–Trinajstić information content (AvgIpc) is 3.41. The van der Waals surface area contributed by atoms with Crippen LogP contribution in [0.25, 0.3) is 0 Å². The van der Waals surface area contributed by atoms with Gasteiger partial charge in [-0.1, -0.05) is 140 Å². The lowest BCUT2D eigenvalue weighted by molar-refractivity contribution is -0.137. The number of amides is 2. The molecule has 0 bridgehead atoms. The summed E-state index contributed by atoms with van der Waals surface area (Å²) in [6, 6.07) is 46.9. The number of hydrogen-bond acceptors (Lipinski definition) is 6. The van der Waals surface area contributed by atoms with Crippen molar-refractivity contribution in [2.45, 2.75) is 42.9 Å². The van der Waals surface area contributed by atoms with E-state index in [1.54, 1.807) is 12.1 Å². The number of para-hydroxylation sites is 1. The number of ether oxygens (including phenoxy) is 3. The third-order valence-electron chi connectivity index (χ3n) is 8.30. The van der Waals surface area contributed by atoms with Gasteiger partial charge in [-0.05, 0) is 34.4 Å². The number of carbonyl (C=O) groups excluding carboxylic acids is 1. The first-order chi connectivity index (χ1) is 23.0. The zero-order valence-electron chi connectivity index (χ0n) is 25.8. The first kappa shape index (κ1) is 32.1. The summed E-state index contributed by atoms with van der Waals surface area (Å²) in [6.45, 7) is 0.0944. The fourth-order valence-corrected chi connectivity index (χ4v) is 6.02. The third-order valence-corrected chi connectivity index (χ3v) is 8.30. The molecule has 240 valence electrons. The van der Waals surface area contributed by atoms with Crippen LogP contribution in [0.1, 0.15) is 22.3 Å². The molecule has 0 spiro atoms. The van der Waals surface area contributed by atoms with Gasteiger partial charge in [0.2, 0.25) is 0 Å². The summed E-state index contributed by atoms with van der Waals surface area (Å²) in [5.41, 5.74) is 3.05. The standard InChI is InChI=1S/C39H38N2O6/c42-34-36(45-26-28-16-6-1-7-17-28)35(47-37(34)43)33(41-38(44)40-32-24-14-5-15-25-32)27-46-39(29-18-8-2-9-19-29,30-20-10-3-11-21-30)31-22-12-4-13-23-31/h1-25,33-37,42-43H,26-27H2,(H2,40,41,44)/t33-,34-,35-,36-,37+/m1/s1. The minimum Gasteiger partial charge on any atom is -0.385 e. The lowest BCUT2D eigenvalue weighted by atomic mass is 9.80. The topological polar surface area (TPSA) is 109 Å². The predicted molar refractivity (Wildman–Crippen MR) is 179 cm³/mol. The Balaban J connectivity index is 1.37. The number of hydrogen-bond donors (Lipinski definition) is 4. The van der Waals surface area contributed by atoms with Crippen LogP contribution in [0.2, 0.25) is 0 Å². The lowest BCUT2D eigenvalue weighted by Crippen LogP contribution is -2.54. The third kappa shape index (κ3) is 7.44. The van der Waals surface area contributed by atoms with E-state index in [0.29, 0.717) is 5.69 Å². The minimum absolute atomic E-state index is 0.0732. The zero-order chi connectivity index (χ0) is 32.5. The van der Waals surface area contributed by atoms with Crippen molar-refractivity contribution in [1.82, 2.24) is 5.32 Å². The molecule has 1 heterocycles. The van der Waals surface area contributed by atoms with E-state index < -0.39 is 42.3 Å². The number of carbonyl (C=O) groups is 1. The van der Waals surface area contributed by atoms with Gasteiger partial charge >= 0.3 is 6.03 Å². The minimum atomic E-state index is -1.52. The Morgan fingerprint density at radius 1 is 0.702 bits per heavy atom. The lowest BCUT2D eigenvalue weighted by Gasteiger charge is -2.38. The number of rotatable bonds is 12. The second kappa shape index (κ2) is 15.2. The number of nitrogens with one attached hydrogen (secondary N) is 2. The molecule has 2 amide bonds. The van der Waals surface area contributed by atoms with Crippen LogP contribution in [0.15, 0.2) is 152 Å². The van der Waals surface area contributed by atoms with Gasteiger partial charge in [0, 0.05) is 5.69 Å². The summed E-state index contributed by atoms with van der Waals surface area (Å²) in [7, 11) is 0. The monoisotopic (exact) mass is 630 g/mol. The molecule has 0 aromatic heterocycles. The highest BCUT2D eigenvalue weighted by atomic mass is 16.7. The van der Waals surface area contributed by atoms with Gasteiger partial charge in [0.25, 0.3) is 0 Å². The van der Waals surface area contributed by atoms with E-state index in [9.17, 15) is 15.0 Å². The highest BCUT2D eigenvalue weighted by Crippen LogP contribution is 2.41. The van der Waals surface area contributed by atoms with E-state index in [0.717, 1.165) is 22.3 Å². The number of benzene rings is 5. The molecule has 8 heteroatoms. The maximum absolute atomic E-state index is 13.5. The van der Waals surface area contributed by atoms with Gasteiger partial charge in [0.15, 0.2) is 6.29 Å². The van der Waals surface area contributed by atoms with Crippen LogP contribution in [-0.4, -0.2) is 53.5 Å². The van der Waals surface area contributed by atoms with Crippen molar-refractivity contribution >= 4 is 11.7 Å². The van der Waals surface area contributed by atoms with Gasteiger partial charge < -0.3 is 35.1 Å². The summed E-state index contributed by atoms with van der Waals surface area (Å²) in [4.78, 5) is 13.5. The van der Waals surface area contributed by atoms with Gasteiger partial charge in [-0.15, -0.1) is 0 Å². The van der Waals surface area contributed by atoms with E-state index in [1.165, 1.54) is 0 Å². The van der Waals surface area contributed by atoms with Gasteiger partial charge in [-0.2, -0.15) is 0 Å². The molecule has 1 aliphatic heterocycles. The van der Waals surface area contributed by atoms with E-state index in [4.69, 9.17) is 14.2 Å². The summed E-state index contributed by atoms with van der Waals surface area (Å²) < 4.78 is 19.2. The molecule has 47 heavy (non-hydrogen) atoms. The van der Waals surface area contributed by atoms with E-state index in [2.05, 4.69) is 10.6 Å². The maximum atomic E-state index is 13.5. The molecule has 5 aromatic carbocycles. The van der Waals surface area contributed by atoms with Crippen molar-refractivity contribution in [3.8, 4) is 0 Å². The van der Waals surface area contributed by atoms with Crippen molar-refractivity contribution in [2.75, 3.05) is 11.9 Å². The van der Waals surface area contributed by atoms with Crippen LogP contribution in [0.3, 0.4) is 0 Å². The molecule has 0 aliphatic carbocycles. The normalized spacial score (nSPS) is 20.0. The Morgan fingerprint density at radius 2 is 1.17 bits per heavy atom. The number of urea groups is 1. The molecule has 1 fully saturated rings. The average molecular weight is 631 g/mol. The maximum Gasteiger partial charge on any atom is 0.319 e. The Kier molecular flexibility index (Phi) is 10.4. The Bertz CT molecular complexity index is 1580. The van der Waals surface area contributed by atoms with Crippen LogP contribution < -0.4 is 10.6 Å². The number of aliphatic hydroxyl groups is 2. The number of aliphatic hydroxyl groups excluding tert-OH is 2. The predicted octanol–water partition coefficient (Wildman–Crippen LogP) is 5.85. The van der Waals surface area contributed by atoms with Gasteiger partial charge in [-0.3, -0.25) is 0 Å². The molecule has 4 N–H and O–H groups in total. The van der Waals surface area contributed by atoms with Crippen molar-refractivity contribution < 1.29 is 29.2 Å². The summed E-state index contributed by atoms with van der Waals surface area (Å²) >= 11 is 0. The molecule has 1 saturated heterocycles. The molecule has 1 aliphatic rings. The Labute approximate surface area is 274 Å². The van der Waals surface area contributed by atoms with Crippen LogP contribution in [0.5, 0.6) is 0 Å². The van der Waals surface area contributed by atoms with Crippen molar-refractivity contribution in [3.63, 3.8) is 0 Å². The van der Waals surface area contributed by atoms with E-state index in [-0.39, 0.29) is 13.2 Å². The molecular formula is C39H38N2O6. The Morgan fingerprint density at radius 3 is 1.68 bits per heavy atom. The molecule has 5 atom stereocenters. The van der Waals surface area contributed by atoms with Crippen LogP contribution in [0.4, 0.5) is 10.5 Å². The van der Waals surface area contributed by atoms with E-state index >= 15 is 0 Å². The molecule has 6 rings (SSSR count). The molecule has 0 saturated carbocycles. The fraction of sp³-hybridized carbons (Fsp3) is 0.205.